The number of carbonyl (C=O) groups excluding carboxylic acids is 1. The summed E-state index contributed by atoms with van der Waals surface area (Å²) in [4.78, 5) is 17.8. The molecule has 1 atom stereocenters. The van der Waals surface area contributed by atoms with Crippen molar-refractivity contribution in [3.63, 3.8) is 0 Å². The second kappa shape index (κ2) is 6.05. The fourth-order valence-electron chi connectivity index (χ4n) is 1.12. The summed E-state index contributed by atoms with van der Waals surface area (Å²) in [6.45, 7) is 0.897. The standard InChI is InChI=1S/C9H13ClN2O2S/c1-12(4-7(10)5-14-2)9(13)8-3-11-6-15-8/h3,6-7H,4-5H2,1-2H3. The van der Waals surface area contributed by atoms with Crippen LogP contribution in [0.15, 0.2) is 11.7 Å². The largest absolute Gasteiger partial charge is 0.383 e. The van der Waals surface area contributed by atoms with Crippen LogP contribution in [-0.2, 0) is 4.74 Å². The van der Waals surface area contributed by atoms with Crippen molar-refractivity contribution >= 4 is 28.8 Å². The summed E-state index contributed by atoms with van der Waals surface area (Å²) in [5.41, 5.74) is 1.63. The highest BCUT2D eigenvalue weighted by Crippen LogP contribution is 2.10. The molecule has 1 amide bonds. The maximum atomic E-state index is 11.7. The zero-order chi connectivity index (χ0) is 11.3. The third-order valence-corrected chi connectivity index (χ3v) is 2.83. The third kappa shape index (κ3) is 3.77. The molecule has 1 unspecified atom stereocenters. The van der Waals surface area contributed by atoms with Gasteiger partial charge in [0, 0.05) is 20.7 Å². The van der Waals surface area contributed by atoms with E-state index in [0.717, 1.165) is 0 Å². The first kappa shape index (κ1) is 12.4. The second-order valence-electron chi connectivity index (χ2n) is 3.10. The van der Waals surface area contributed by atoms with E-state index in [2.05, 4.69) is 4.98 Å². The van der Waals surface area contributed by atoms with Gasteiger partial charge in [0.05, 0.1) is 23.7 Å². The molecule has 1 rings (SSSR count). The number of alkyl halides is 1. The molecule has 0 radical (unpaired) electrons. The van der Waals surface area contributed by atoms with Crippen LogP contribution in [0.2, 0.25) is 0 Å². The zero-order valence-electron chi connectivity index (χ0n) is 8.64. The van der Waals surface area contributed by atoms with Crippen LogP contribution in [0, 0.1) is 0 Å². The first-order valence-corrected chi connectivity index (χ1v) is 5.73. The Morgan fingerprint density at radius 1 is 1.80 bits per heavy atom. The molecule has 0 saturated heterocycles. The van der Waals surface area contributed by atoms with Crippen LogP contribution >= 0.6 is 22.9 Å². The van der Waals surface area contributed by atoms with Gasteiger partial charge in [-0.2, -0.15) is 0 Å². The first-order valence-electron chi connectivity index (χ1n) is 4.42. The van der Waals surface area contributed by atoms with Crippen LogP contribution in [0.5, 0.6) is 0 Å². The predicted octanol–water partition coefficient (Wildman–Crippen LogP) is 1.47. The molecule has 4 nitrogen and oxygen atoms in total. The molecule has 6 heteroatoms. The van der Waals surface area contributed by atoms with Crippen LogP contribution in [-0.4, -0.2) is 48.5 Å². The van der Waals surface area contributed by atoms with E-state index in [1.54, 1.807) is 30.8 Å². The monoisotopic (exact) mass is 248 g/mol. The molecule has 0 N–H and O–H groups in total. The number of nitrogens with zero attached hydrogens (tertiary/aromatic N) is 2. The summed E-state index contributed by atoms with van der Waals surface area (Å²) in [5, 5.41) is -0.183. The quantitative estimate of drug-likeness (QED) is 0.741. The van der Waals surface area contributed by atoms with Crippen LogP contribution in [0.1, 0.15) is 9.67 Å². The van der Waals surface area contributed by atoms with Crippen molar-refractivity contribution in [2.45, 2.75) is 5.38 Å². The highest BCUT2D eigenvalue weighted by Gasteiger charge is 2.16. The fourth-order valence-corrected chi connectivity index (χ4v) is 2.07. The van der Waals surface area contributed by atoms with E-state index in [1.165, 1.54) is 11.3 Å². The molecule has 1 aromatic rings. The number of rotatable bonds is 5. The molecule has 15 heavy (non-hydrogen) atoms. The van der Waals surface area contributed by atoms with Crippen LogP contribution in [0.3, 0.4) is 0 Å². The number of thiazole rings is 1. The van der Waals surface area contributed by atoms with Crippen LogP contribution in [0.4, 0.5) is 0 Å². The summed E-state index contributed by atoms with van der Waals surface area (Å²) in [6.07, 6.45) is 1.56. The normalized spacial score (nSPS) is 12.5. The van der Waals surface area contributed by atoms with Crippen molar-refractivity contribution in [3.8, 4) is 0 Å². The topological polar surface area (TPSA) is 42.4 Å². The molecule has 0 bridgehead atoms. The maximum absolute atomic E-state index is 11.7. The molecular weight excluding hydrogens is 236 g/mol. The highest BCUT2D eigenvalue weighted by atomic mass is 35.5. The predicted molar refractivity (Wildman–Crippen MR) is 60.6 cm³/mol. The van der Waals surface area contributed by atoms with Gasteiger partial charge in [-0.3, -0.25) is 9.78 Å². The van der Waals surface area contributed by atoms with Gasteiger partial charge < -0.3 is 9.64 Å². The third-order valence-electron chi connectivity index (χ3n) is 1.81. The molecule has 0 aliphatic heterocycles. The molecule has 0 aromatic carbocycles. The van der Waals surface area contributed by atoms with Gasteiger partial charge in [0.15, 0.2) is 0 Å². The number of hydrogen-bond acceptors (Lipinski definition) is 4. The van der Waals surface area contributed by atoms with Crippen molar-refractivity contribution in [3.05, 3.63) is 16.6 Å². The zero-order valence-corrected chi connectivity index (χ0v) is 10.2. The molecule has 0 fully saturated rings. The lowest BCUT2D eigenvalue weighted by Gasteiger charge is -2.18. The number of aromatic nitrogens is 1. The van der Waals surface area contributed by atoms with E-state index in [9.17, 15) is 4.79 Å². The number of carbonyl (C=O) groups is 1. The smallest absolute Gasteiger partial charge is 0.265 e. The number of ether oxygens (including phenoxy) is 1. The minimum absolute atomic E-state index is 0.0562. The number of hydrogen-bond donors (Lipinski definition) is 0. The van der Waals surface area contributed by atoms with Crippen molar-refractivity contribution < 1.29 is 9.53 Å². The van der Waals surface area contributed by atoms with Crippen molar-refractivity contribution in [1.82, 2.24) is 9.88 Å². The lowest BCUT2D eigenvalue weighted by Crippen LogP contribution is -2.33. The molecule has 0 aliphatic rings. The minimum atomic E-state index is -0.183. The average molecular weight is 249 g/mol. The Labute approximate surface area is 97.8 Å². The van der Waals surface area contributed by atoms with E-state index in [4.69, 9.17) is 16.3 Å². The number of halogens is 1. The lowest BCUT2D eigenvalue weighted by atomic mass is 10.4. The second-order valence-corrected chi connectivity index (χ2v) is 4.61. The molecule has 84 valence electrons. The van der Waals surface area contributed by atoms with E-state index in [1.807, 2.05) is 0 Å². The van der Waals surface area contributed by atoms with Gasteiger partial charge in [-0.15, -0.1) is 22.9 Å². The summed E-state index contributed by atoms with van der Waals surface area (Å²) in [6, 6.07) is 0. The van der Waals surface area contributed by atoms with Gasteiger partial charge in [0.2, 0.25) is 0 Å². The van der Waals surface area contributed by atoms with Gasteiger partial charge >= 0.3 is 0 Å². The first-order chi connectivity index (χ1) is 7.15. The molecule has 0 saturated carbocycles. The summed E-state index contributed by atoms with van der Waals surface area (Å²) >= 11 is 7.27. The average Bonchev–Trinajstić information content (AvgIpc) is 2.69. The van der Waals surface area contributed by atoms with E-state index in [-0.39, 0.29) is 11.3 Å². The SMILES string of the molecule is COCC(Cl)CN(C)C(=O)c1cncs1. The van der Waals surface area contributed by atoms with Gasteiger partial charge in [0.1, 0.15) is 4.88 Å². The molecule has 0 spiro atoms. The fraction of sp³-hybridized carbons (Fsp3) is 0.556. The molecule has 1 heterocycles. The van der Waals surface area contributed by atoms with Crippen molar-refractivity contribution in [2.24, 2.45) is 0 Å². The van der Waals surface area contributed by atoms with Crippen LogP contribution < -0.4 is 0 Å². The molecule has 1 aromatic heterocycles. The summed E-state index contributed by atoms with van der Waals surface area (Å²) in [5.74, 6) is -0.0562. The van der Waals surface area contributed by atoms with Gasteiger partial charge in [-0.1, -0.05) is 0 Å². The number of methoxy groups -OCH3 is 1. The summed E-state index contributed by atoms with van der Waals surface area (Å²) < 4.78 is 4.90. The Hall–Kier alpha value is -0.650. The van der Waals surface area contributed by atoms with Gasteiger partial charge in [-0.05, 0) is 0 Å². The van der Waals surface area contributed by atoms with E-state index >= 15 is 0 Å². The Bertz CT molecular complexity index is 305. The highest BCUT2D eigenvalue weighted by molar-refractivity contribution is 7.11. The Kier molecular flexibility index (Phi) is 5.01. The van der Waals surface area contributed by atoms with Crippen molar-refractivity contribution in [2.75, 3.05) is 27.3 Å². The Balaban J connectivity index is 2.47. The summed E-state index contributed by atoms with van der Waals surface area (Å²) in [7, 11) is 3.30. The Morgan fingerprint density at radius 2 is 2.53 bits per heavy atom. The van der Waals surface area contributed by atoms with Crippen LogP contribution in [0.25, 0.3) is 0 Å². The molecule has 0 aliphatic carbocycles. The maximum Gasteiger partial charge on any atom is 0.265 e. The molecular formula is C9H13ClN2O2S. The number of amides is 1. The van der Waals surface area contributed by atoms with Crippen molar-refractivity contribution in [1.29, 1.82) is 0 Å². The minimum Gasteiger partial charge on any atom is -0.383 e. The van der Waals surface area contributed by atoms with E-state index < -0.39 is 0 Å². The van der Waals surface area contributed by atoms with Gasteiger partial charge in [-0.25, -0.2) is 0 Å². The van der Waals surface area contributed by atoms with E-state index in [0.29, 0.717) is 18.0 Å². The van der Waals surface area contributed by atoms with Gasteiger partial charge in [0.25, 0.3) is 5.91 Å². The Morgan fingerprint density at radius 3 is 3.07 bits per heavy atom. The lowest BCUT2D eigenvalue weighted by molar-refractivity contribution is 0.0786.